The van der Waals surface area contributed by atoms with Gasteiger partial charge in [0.05, 0.1) is 11.4 Å². The summed E-state index contributed by atoms with van der Waals surface area (Å²) in [6.07, 6.45) is 3.67. The van der Waals surface area contributed by atoms with Crippen molar-refractivity contribution in [3.63, 3.8) is 0 Å². The Labute approximate surface area is 224 Å². The minimum absolute atomic E-state index is 0.987. The summed E-state index contributed by atoms with van der Waals surface area (Å²) in [4.78, 5) is 8.98. The molecule has 2 aromatic heterocycles. The minimum atomic E-state index is 0.987. The Morgan fingerprint density at radius 3 is 1.47 bits per heavy atom. The highest BCUT2D eigenvalue weighted by Crippen LogP contribution is 2.37. The van der Waals surface area contributed by atoms with Crippen molar-refractivity contribution in [2.75, 3.05) is 0 Å². The van der Waals surface area contributed by atoms with Gasteiger partial charge < -0.3 is 0 Å². The van der Waals surface area contributed by atoms with Crippen LogP contribution in [0.3, 0.4) is 0 Å². The van der Waals surface area contributed by atoms with E-state index in [-0.39, 0.29) is 0 Å². The molecule has 6 rings (SSSR count). The fourth-order valence-corrected chi connectivity index (χ4v) is 4.96. The molecular formula is C36H28N2. The first-order chi connectivity index (χ1) is 18.7. The molecule has 0 saturated heterocycles. The Morgan fingerprint density at radius 2 is 0.921 bits per heavy atom. The Morgan fingerprint density at radius 1 is 0.395 bits per heavy atom. The number of nitrogens with zero attached hydrogens (tertiary/aromatic N) is 2. The van der Waals surface area contributed by atoms with Crippen molar-refractivity contribution in [2.24, 2.45) is 0 Å². The molecule has 0 spiro atoms. The fraction of sp³-hybridized carbons (Fsp3) is 0.0556. The zero-order chi connectivity index (χ0) is 25.9. The summed E-state index contributed by atoms with van der Waals surface area (Å²) in [5.41, 5.74) is 14.0. The van der Waals surface area contributed by atoms with Crippen LogP contribution >= 0.6 is 0 Å². The Hall–Kier alpha value is -4.82. The van der Waals surface area contributed by atoms with Crippen molar-refractivity contribution in [2.45, 2.75) is 13.8 Å². The molecule has 0 unspecified atom stereocenters. The van der Waals surface area contributed by atoms with Gasteiger partial charge >= 0.3 is 0 Å². The van der Waals surface area contributed by atoms with Gasteiger partial charge in [0, 0.05) is 23.5 Å². The van der Waals surface area contributed by atoms with Crippen molar-refractivity contribution < 1.29 is 0 Å². The standard InChI is InChI=1S/C36H28N2/c1-25-9-20-32(34(23-25)28-14-18-30(19-15-28)36-8-4-6-22-38-36)31-11-10-26(2)33(24-31)27-12-16-29(17-13-27)35-7-3-5-21-37-35/h3-24H,1-2H3. The van der Waals surface area contributed by atoms with Gasteiger partial charge in [-0.15, -0.1) is 0 Å². The average Bonchev–Trinajstić information content (AvgIpc) is 2.99. The van der Waals surface area contributed by atoms with E-state index in [1.54, 1.807) is 0 Å². The van der Waals surface area contributed by atoms with Crippen LogP contribution in [0.25, 0.3) is 55.9 Å². The lowest BCUT2D eigenvalue weighted by Crippen LogP contribution is -1.90. The summed E-state index contributed by atoms with van der Waals surface area (Å²) in [7, 11) is 0. The number of pyridine rings is 2. The van der Waals surface area contributed by atoms with Crippen LogP contribution < -0.4 is 0 Å². The first kappa shape index (κ1) is 23.6. The molecule has 0 aliphatic heterocycles. The van der Waals surface area contributed by atoms with E-state index in [9.17, 15) is 0 Å². The molecule has 0 bridgehead atoms. The van der Waals surface area contributed by atoms with Gasteiger partial charge in [-0.2, -0.15) is 0 Å². The minimum Gasteiger partial charge on any atom is -0.256 e. The first-order valence-corrected chi connectivity index (χ1v) is 12.9. The molecule has 182 valence electrons. The molecule has 4 aromatic carbocycles. The largest absolute Gasteiger partial charge is 0.256 e. The molecule has 38 heavy (non-hydrogen) atoms. The highest BCUT2D eigenvalue weighted by Gasteiger charge is 2.12. The second-order valence-corrected chi connectivity index (χ2v) is 9.66. The van der Waals surface area contributed by atoms with Gasteiger partial charge in [-0.25, -0.2) is 0 Å². The molecule has 0 saturated carbocycles. The summed E-state index contributed by atoms with van der Waals surface area (Å²) in [5, 5.41) is 0. The number of aromatic nitrogens is 2. The van der Waals surface area contributed by atoms with E-state index in [1.807, 2.05) is 48.8 Å². The number of hydrogen-bond donors (Lipinski definition) is 0. The van der Waals surface area contributed by atoms with Crippen molar-refractivity contribution >= 4 is 0 Å². The van der Waals surface area contributed by atoms with Crippen LogP contribution in [0.2, 0.25) is 0 Å². The van der Waals surface area contributed by atoms with Crippen LogP contribution in [-0.4, -0.2) is 9.97 Å². The monoisotopic (exact) mass is 488 g/mol. The molecule has 0 N–H and O–H groups in total. The third kappa shape index (κ3) is 4.77. The third-order valence-electron chi connectivity index (χ3n) is 7.04. The zero-order valence-electron chi connectivity index (χ0n) is 21.6. The lowest BCUT2D eigenvalue weighted by molar-refractivity contribution is 1.33. The van der Waals surface area contributed by atoms with Gasteiger partial charge in [0.15, 0.2) is 0 Å². The highest BCUT2D eigenvalue weighted by molar-refractivity contribution is 5.87. The quantitative estimate of drug-likeness (QED) is 0.241. The maximum atomic E-state index is 4.50. The third-order valence-corrected chi connectivity index (χ3v) is 7.04. The molecular weight excluding hydrogens is 460 g/mol. The lowest BCUT2D eigenvalue weighted by atomic mass is 9.89. The maximum Gasteiger partial charge on any atom is 0.0701 e. The Balaban J connectivity index is 1.38. The SMILES string of the molecule is Cc1ccc(-c2ccc(C)c(-c3ccc(-c4ccccn4)cc3)c2)c(-c2ccc(-c3ccccn3)cc2)c1. The molecule has 0 radical (unpaired) electrons. The zero-order valence-corrected chi connectivity index (χ0v) is 21.6. The highest BCUT2D eigenvalue weighted by atomic mass is 14.7. The fourth-order valence-electron chi connectivity index (χ4n) is 4.96. The molecule has 0 aliphatic rings. The molecule has 2 heteroatoms. The number of benzene rings is 4. The molecule has 0 amide bonds. The van der Waals surface area contributed by atoms with Gasteiger partial charge in [-0.05, 0) is 83.1 Å². The van der Waals surface area contributed by atoms with Gasteiger partial charge in [0.2, 0.25) is 0 Å². The molecule has 2 nitrogen and oxygen atoms in total. The van der Waals surface area contributed by atoms with E-state index >= 15 is 0 Å². The molecule has 6 aromatic rings. The summed E-state index contributed by atoms with van der Waals surface area (Å²) in [5.74, 6) is 0. The van der Waals surface area contributed by atoms with Crippen molar-refractivity contribution in [1.29, 1.82) is 0 Å². The van der Waals surface area contributed by atoms with Gasteiger partial charge in [-0.3, -0.25) is 9.97 Å². The average molecular weight is 489 g/mol. The first-order valence-electron chi connectivity index (χ1n) is 12.9. The van der Waals surface area contributed by atoms with Crippen LogP contribution in [-0.2, 0) is 0 Å². The number of aryl methyl sites for hydroxylation is 2. The van der Waals surface area contributed by atoms with Gasteiger partial charge in [0.25, 0.3) is 0 Å². The van der Waals surface area contributed by atoms with E-state index in [2.05, 4.69) is 109 Å². The summed E-state index contributed by atoms with van der Waals surface area (Å²) in [6, 6.07) is 43.0. The maximum absolute atomic E-state index is 4.50. The van der Waals surface area contributed by atoms with Crippen LogP contribution in [0.5, 0.6) is 0 Å². The van der Waals surface area contributed by atoms with E-state index in [4.69, 9.17) is 0 Å². The van der Waals surface area contributed by atoms with Crippen molar-refractivity contribution in [3.05, 3.63) is 145 Å². The van der Waals surface area contributed by atoms with E-state index < -0.39 is 0 Å². The van der Waals surface area contributed by atoms with Crippen molar-refractivity contribution in [1.82, 2.24) is 9.97 Å². The lowest BCUT2D eigenvalue weighted by Gasteiger charge is -2.15. The van der Waals surface area contributed by atoms with Crippen LogP contribution in [0.15, 0.2) is 134 Å². The molecule has 0 atom stereocenters. The van der Waals surface area contributed by atoms with Gasteiger partial charge in [0.1, 0.15) is 0 Å². The predicted octanol–water partition coefficient (Wildman–Crippen LogP) is 9.43. The smallest absolute Gasteiger partial charge is 0.0701 e. The van der Waals surface area contributed by atoms with Crippen molar-refractivity contribution in [3.8, 4) is 55.9 Å². The van der Waals surface area contributed by atoms with Crippen LogP contribution in [0, 0.1) is 13.8 Å². The van der Waals surface area contributed by atoms with Gasteiger partial charge in [-0.1, -0.05) is 96.6 Å². The number of rotatable bonds is 5. The second-order valence-electron chi connectivity index (χ2n) is 9.66. The predicted molar refractivity (Wildman–Crippen MR) is 159 cm³/mol. The van der Waals surface area contributed by atoms with Crippen LogP contribution in [0.4, 0.5) is 0 Å². The topological polar surface area (TPSA) is 25.8 Å². The second kappa shape index (κ2) is 10.3. The Bertz CT molecular complexity index is 1690. The summed E-state index contributed by atoms with van der Waals surface area (Å²) >= 11 is 0. The number of hydrogen-bond acceptors (Lipinski definition) is 2. The van der Waals surface area contributed by atoms with E-state index in [0.717, 1.165) is 22.5 Å². The van der Waals surface area contributed by atoms with E-state index in [1.165, 1.54) is 44.5 Å². The molecule has 0 aliphatic carbocycles. The summed E-state index contributed by atoms with van der Waals surface area (Å²) in [6.45, 7) is 4.33. The normalized spacial score (nSPS) is 10.9. The van der Waals surface area contributed by atoms with E-state index in [0.29, 0.717) is 0 Å². The van der Waals surface area contributed by atoms with Crippen LogP contribution in [0.1, 0.15) is 11.1 Å². The Kier molecular flexibility index (Phi) is 6.37. The summed E-state index contributed by atoms with van der Waals surface area (Å²) < 4.78 is 0. The molecule has 0 fully saturated rings. The molecule has 2 heterocycles.